The molecule has 30 heavy (non-hydrogen) atoms. The zero-order chi connectivity index (χ0) is 21.5. The maximum Gasteiger partial charge on any atom is 0.291 e. The molecule has 3 aromatic rings. The van der Waals surface area contributed by atoms with Gasteiger partial charge in [-0.05, 0) is 42.8 Å². The van der Waals surface area contributed by atoms with Crippen LogP contribution in [0.5, 0.6) is 0 Å². The molecule has 0 spiro atoms. The summed E-state index contributed by atoms with van der Waals surface area (Å²) < 4.78 is 21.4. The Bertz CT molecular complexity index is 1010. The van der Waals surface area contributed by atoms with Crippen molar-refractivity contribution >= 4 is 17.5 Å². The van der Waals surface area contributed by atoms with Gasteiger partial charge in [-0.15, -0.1) is 0 Å². The van der Waals surface area contributed by atoms with Crippen LogP contribution in [-0.2, 0) is 17.9 Å². The van der Waals surface area contributed by atoms with Gasteiger partial charge in [0.1, 0.15) is 11.6 Å². The van der Waals surface area contributed by atoms with Crippen molar-refractivity contribution in [2.24, 2.45) is 0 Å². The maximum absolute atomic E-state index is 13.7. The van der Waals surface area contributed by atoms with Gasteiger partial charge >= 0.3 is 0 Å². The van der Waals surface area contributed by atoms with Gasteiger partial charge in [0, 0.05) is 24.9 Å². The number of aromatic nitrogens is 1. The number of anilines is 1. The van der Waals surface area contributed by atoms with E-state index in [1.807, 2.05) is 41.6 Å². The van der Waals surface area contributed by atoms with Gasteiger partial charge in [0.25, 0.3) is 5.91 Å². The van der Waals surface area contributed by atoms with Crippen molar-refractivity contribution in [3.8, 4) is 0 Å². The first-order valence-electron chi connectivity index (χ1n) is 10.1. The van der Waals surface area contributed by atoms with Crippen LogP contribution in [0.25, 0.3) is 0 Å². The fraction of sp³-hybridized carbons (Fsp3) is 0.304. The van der Waals surface area contributed by atoms with Gasteiger partial charge in [0.2, 0.25) is 5.91 Å². The molecule has 158 valence electrons. The first kappa shape index (κ1) is 21.4. The molecule has 1 aromatic carbocycles. The van der Waals surface area contributed by atoms with Gasteiger partial charge in [-0.2, -0.15) is 0 Å². The van der Waals surface area contributed by atoms with E-state index in [-0.39, 0.29) is 17.4 Å². The van der Waals surface area contributed by atoms with Crippen molar-refractivity contribution in [2.45, 2.75) is 39.8 Å². The highest BCUT2D eigenvalue weighted by atomic mass is 19.1. The molecule has 0 unspecified atom stereocenters. The predicted molar refractivity (Wildman–Crippen MR) is 113 cm³/mol. The minimum atomic E-state index is -0.512. The van der Waals surface area contributed by atoms with Gasteiger partial charge < -0.3 is 19.2 Å². The predicted octanol–water partition coefficient (Wildman–Crippen LogP) is 4.67. The Morgan fingerprint density at radius 1 is 1.10 bits per heavy atom. The van der Waals surface area contributed by atoms with E-state index in [4.69, 9.17) is 4.42 Å². The molecule has 2 aromatic heterocycles. The van der Waals surface area contributed by atoms with E-state index in [0.29, 0.717) is 31.8 Å². The van der Waals surface area contributed by atoms with Crippen LogP contribution in [0, 0.1) is 5.82 Å². The molecule has 2 heterocycles. The average Bonchev–Trinajstić information content (AvgIpc) is 3.39. The lowest BCUT2D eigenvalue weighted by Gasteiger charge is -2.22. The zero-order valence-electron chi connectivity index (χ0n) is 17.2. The van der Waals surface area contributed by atoms with Crippen LogP contribution in [0.4, 0.5) is 10.1 Å². The highest BCUT2D eigenvalue weighted by molar-refractivity contribution is 6.02. The monoisotopic (exact) mass is 411 g/mol. The second-order valence-electron chi connectivity index (χ2n) is 7.00. The fourth-order valence-electron chi connectivity index (χ4n) is 3.23. The SMILES string of the molecule is CCCN(Cc1cccn1Cc1ccc(C(=O)Nc2ccccc2F)o1)C(=O)CC. The van der Waals surface area contributed by atoms with Crippen molar-refractivity contribution in [2.75, 3.05) is 11.9 Å². The largest absolute Gasteiger partial charge is 0.454 e. The van der Waals surface area contributed by atoms with Crippen molar-refractivity contribution in [3.05, 3.63) is 77.8 Å². The highest BCUT2D eigenvalue weighted by Crippen LogP contribution is 2.17. The standard InChI is InChI=1S/C23H26FN3O3/c1-3-13-27(22(28)4-2)15-17-8-7-14-26(17)16-18-11-12-21(30-18)23(29)25-20-10-6-5-9-19(20)24/h5-12,14H,3-4,13,15-16H2,1-2H3,(H,25,29). The van der Waals surface area contributed by atoms with Gasteiger partial charge in [0.05, 0.1) is 18.8 Å². The van der Waals surface area contributed by atoms with E-state index in [1.54, 1.807) is 24.3 Å². The Morgan fingerprint density at radius 3 is 2.63 bits per heavy atom. The third-order valence-electron chi connectivity index (χ3n) is 4.76. The van der Waals surface area contributed by atoms with Crippen LogP contribution in [0.2, 0.25) is 0 Å². The molecule has 3 rings (SSSR count). The molecular weight excluding hydrogens is 385 g/mol. The number of carbonyl (C=O) groups excluding carboxylic acids is 2. The number of rotatable bonds is 9. The van der Waals surface area contributed by atoms with E-state index in [2.05, 4.69) is 5.32 Å². The summed E-state index contributed by atoms with van der Waals surface area (Å²) in [7, 11) is 0. The van der Waals surface area contributed by atoms with E-state index >= 15 is 0 Å². The summed E-state index contributed by atoms with van der Waals surface area (Å²) in [6.07, 6.45) is 3.28. The Labute approximate surface area is 175 Å². The minimum absolute atomic E-state index is 0.102. The second kappa shape index (κ2) is 9.91. The van der Waals surface area contributed by atoms with Crippen molar-refractivity contribution in [1.82, 2.24) is 9.47 Å². The smallest absolute Gasteiger partial charge is 0.291 e. The molecule has 7 heteroatoms. The highest BCUT2D eigenvalue weighted by Gasteiger charge is 2.16. The third kappa shape index (κ3) is 5.17. The van der Waals surface area contributed by atoms with E-state index in [0.717, 1.165) is 12.1 Å². The molecule has 0 radical (unpaired) electrons. The lowest BCUT2D eigenvalue weighted by Crippen LogP contribution is -2.31. The van der Waals surface area contributed by atoms with Crippen LogP contribution in [-0.4, -0.2) is 27.8 Å². The molecule has 2 amide bonds. The van der Waals surface area contributed by atoms with Crippen molar-refractivity contribution in [3.63, 3.8) is 0 Å². The normalized spacial score (nSPS) is 10.8. The minimum Gasteiger partial charge on any atom is -0.454 e. The number of carbonyl (C=O) groups is 2. The quantitative estimate of drug-likeness (QED) is 0.556. The number of amides is 2. The molecule has 1 N–H and O–H groups in total. The average molecular weight is 411 g/mol. The molecule has 0 bridgehead atoms. The molecule has 6 nitrogen and oxygen atoms in total. The Kier molecular flexibility index (Phi) is 7.06. The lowest BCUT2D eigenvalue weighted by atomic mass is 10.3. The first-order chi connectivity index (χ1) is 14.5. The molecule has 0 aliphatic rings. The van der Waals surface area contributed by atoms with E-state index < -0.39 is 11.7 Å². The summed E-state index contributed by atoms with van der Waals surface area (Å²) in [5, 5.41) is 2.51. The summed E-state index contributed by atoms with van der Waals surface area (Å²) in [5.74, 6) is -0.199. The number of benzene rings is 1. The number of nitrogens with one attached hydrogen (secondary N) is 1. The number of para-hydroxylation sites is 1. The molecule has 0 saturated carbocycles. The topological polar surface area (TPSA) is 67.5 Å². The van der Waals surface area contributed by atoms with Gasteiger partial charge in [-0.3, -0.25) is 9.59 Å². The van der Waals surface area contributed by atoms with Crippen LogP contribution in [0.3, 0.4) is 0 Å². The maximum atomic E-state index is 13.7. The second-order valence-corrected chi connectivity index (χ2v) is 7.00. The lowest BCUT2D eigenvalue weighted by molar-refractivity contribution is -0.131. The molecule has 0 fully saturated rings. The number of hydrogen-bond donors (Lipinski definition) is 1. The molecule has 0 aliphatic heterocycles. The van der Waals surface area contributed by atoms with Crippen LogP contribution >= 0.6 is 0 Å². The summed E-state index contributed by atoms with van der Waals surface area (Å²) in [6, 6.07) is 13.2. The molecular formula is C23H26FN3O3. The zero-order valence-corrected chi connectivity index (χ0v) is 17.2. The fourth-order valence-corrected chi connectivity index (χ4v) is 3.23. The summed E-state index contributed by atoms with van der Waals surface area (Å²) in [5.41, 5.74) is 1.09. The summed E-state index contributed by atoms with van der Waals surface area (Å²) in [4.78, 5) is 26.4. The summed E-state index contributed by atoms with van der Waals surface area (Å²) >= 11 is 0. The Balaban J connectivity index is 1.68. The first-order valence-corrected chi connectivity index (χ1v) is 10.1. The van der Waals surface area contributed by atoms with E-state index in [9.17, 15) is 14.0 Å². The van der Waals surface area contributed by atoms with Crippen LogP contribution < -0.4 is 5.32 Å². The van der Waals surface area contributed by atoms with Crippen LogP contribution in [0.1, 0.15) is 48.7 Å². The Morgan fingerprint density at radius 2 is 1.90 bits per heavy atom. The van der Waals surface area contributed by atoms with Gasteiger partial charge in [-0.1, -0.05) is 26.0 Å². The van der Waals surface area contributed by atoms with E-state index in [1.165, 1.54) is 12.1 Å². The van der Waals surface area contributed by atoms with Gasteiger partial charge in [0.15, 0.2) is 5.76 Å². The van der Waals surface area contributed by atoms with Gasteiger partial charge in [-0.25, -0.2) is 4.39 Å². The third-order valence-corrected chi connectivity index (χ3v) is 4.76. The number of halogens is 1. The number of hydrogen-bond acceptors (Lipinski definition) is 3. The van der Waals surface area contributed by atoms with Crippen LogP contribution in [0.15, 0.2) is 59.1 Å². The Hall–Kier alpha value is -3.35. The van der Waals surface area contributed by atoms with Crippen molar-refractivity contribution < 1.29 is 18.4 Å². The molecule has 0 aliphatic carbocycles. The molecule has 0 atom stereocenters. The van der Waals surface area contributed by atoms with Crippen molar-refractivity contribution in [1.29, 1.82) is 0 Å². The summed E-state index contributed by atoms with van der Waals surface area (Å²) in [6.45, 7) is 5.57. The molecule has 0 saturated heterocycles. The number of furan rings is 1. The number of nitrogens with zero attached hydrogens (tertiary/aromatic N) is 2.